The van der Waals surface area contributed by atoms with E-state index in [1.54, 1.807) is 12.1 Å². The van der Waals surface area contributed by atoms with Gasteiger partial charge in [-0.05, 0) is 47.6 Å². The molecule has 0 aliphatic heterocycles. The number of anilines is 2. The number of amides is 2. The second-order valence-electron chi connectivity index (χ2n) is 4.83. The Bertz CT molecular complexity index is 683. The van der Waals surface area contributed by atoms with Crippen LogP contribution in [0.1, 0.15) is 12.8 Å². The highest BCUT2D eigenvalue weighted by Crippen LogP contribution is 2.47. The van der Waals surface area contributed by atoms with Gasteiger partial charge in [0.1, 0.15) is 9.12 Å². The molecule has 1 aromatic heterocycles. The molecule has 1 aliphatic rings. The van der Waals surface area contributed by atoms with Crippen LogP contribution in [0.2, 0.25) is 0 Å². The van der Waals surface area contributed by atoms with Gasteiger partial charge in [-0.15, -0.1) is 11.3 Å². The number of nitrogens with zero attached hydrogens (tertiary/aromatic N) is 1. The zero-order valence-corrected chi connectivity index (χ0v) is 13.9. The van der Waals surface area contributed by atoms with Crippen molar-refractivity contribution in [3.05, 3.63) is 39.4 Å². The Kier molecular flexibility index (Phi) is 3.94. The lowest BCUT2D eigenvalue weighted by Gasteiger charge is -2.14. The molecular formula is C14H12IN3O2S. The summed E-state index contributed by atoms with van der Waals surface area (Å²) in [6, 6.07) is 9.16. The largest absolute Gasteiger partial charge is 0.325 e. The third-order valence-corrected chi connectivity index (χ3v) is 5.08. The summed E-state index contributed by atoms with van der Waals surface area (Å²) in [5.74, 6) is -0.529. The number of para-hydroxylation sites is 1. The van der Waals surface area contributed by atoms with Gasteiger partial charge in [-0.2, -0.15) is 0 Å². The van der Waals surface area contributed by atoms with E-state index in [0.717, 1.165) is 3.70 Å². The Morgan fingerprint density at radius 2 is 1.81 bits per heavy atom. The summed E-state index contributed by atoms with van der Waals surface area (Å²) in [6.07, 6.45) is 1.14. The minimum Gasteiger partial charge on any atom is -0.325 e. The molecule has 3 rings (SSSR count). The van der Waals surface area contributed by atoms with Crippen molar-refractivity contribution < 1.29 is 9.59 Å². The first-order valence-corrected chi connectivity index (χ1v) is 8.35. The molecule has 0 saturated heterocycles. The van der Waals surface area contributed by atoms with Gasteiger partial charge in [0, 0.05) is 11.1 Å². The molecule has 1 aromatic carbocycles. The molecule has 21 heavy (non-hydrogen) atoms. The number of thiazole rings is 1. The summed E-state index contributed by atoms with van der Waals surface area (Å²) in [4.78, 5) is 28.8. The molecule has 0 bridgehead atoms. The van der Waals surface area contributed by atoms with E-state index in [1.807, 2.05) is 23.6 Å². The van der Waals surface area contributed by atoms with Crippen molar-refractivity contribution in [2.75, 3.05) is 10.6 Å². The molecule has 5 nitrogen and oxygen atoms in total. The SMILES string of the molecule is O=C(Nc1ccccc1)C1(C(=O)Nc2nc(I)cs2)CC1. The maximum Gasteiger partial charge on any atom is 0.241 e. The van der Waals surface area contributed by atoms with Gasteiger partial charge in [0.15, 0.2) is 5.13 Å². The molecule has 1 fully saturated rings. The van der Waals surface area contributed by atoms with Gasteiger partial charge < -0.3 is 10.6 Å². The fourth-order valence-electron chi connectivity index (χ4n) is 1.98. The van der Waals surface area contributed by atoms with Gasteiger partial charge >= 0.3 is 0 Å². The number of rotatable bonds is 4. The van der Waals surface area contributed by atoms with E-state index < -0.39 is 5.41 Å². The highest BCUT2D eigenvalue weighted by molar-refractivity contribution is 14.1. The maximum atomic E-state index is 12.3. The quantitative estimate of drug-likeness (QED) is 0.598. The van der Waals surface area contributed by atoms with Crippen molar-refractivity contribution in [3.63, 3.8) is 0 Å². The van der Waals surface area contributed by atoms with Crippen molar-refractivity contribution in [3.8, 4) is 0 Å². The lowest BCUT2D eigenvalue weighted by Crippen LogP contribution is -2.35. The highest BCUT2D eigenvalue weighted by atomic mass is 127. The molecule has 7 heteroatoms. The Hall–Kier alpha value is -1.48. The van der Waals surface area contributed by atoms with Gasteiger partial charge in [0.25, 0.3) is 0 Å². The monoisotopic (exact) mass is 413 g/mol. The molecule has 1 saturated carbocycles. The van der Waals surface area contributed by atoms with Crippen LogP contribution in [0, 0.1) is 9.12 Å². The number of hydrogen-bond acceptors (Lipinski definition) is 4. The Balaban J connectivity index is 1.69. The normalized spacial score (nSPS) is 15.3. The summed E-state index contributed by atoms with van der Waals surface area (Å²) < 4.78 is 0.825. The summed E-state index contributed by atoms with van der Waals surface area (Å²) in [5.41, 5.74) is -0.252. The predicted octanol–water partition coefficient (Wildman–Crippen LogP) is 3.11. The number of halogens is 1. The molecule has 108 valence electrons. The first-order valence-electron chi connectivity index (χ1n) is 6.39. The van der Waals surface area contributed by atoms with Crippen LogP contribution in [0.3, 0.4) is 0 Å². The van der Waals surface area contributed by atoms with Crippen LogP contribution < -0.4 is 10.6 Å². The van der Waals surface area contributed by atoms with E-state index in [1.165, 1.54) is 11.3 Å². The Morgan fingerprint density at radius 3 is 2.38 bits per heavy atom. The lowest BCUT2D eigenvalue weighted by molar-refractivity contribution is -0.131. The predicted molar refractivity (Wildman–Crippen MR) is 90.2 cm³/mol. The van der Waals surface area contributed by atoms with Crippen LogP contribution in [0.4, 0.5) is 10.8 Å². The van der Waals surface area contributed by atoms with E-state index in [-0.39, 0.29) is 11.8 Å². The minimum atomic E-state index is -0.951. The fraction of sp³-hybridized carbons (Fsp3) is 0.214. The number of benzene rings is 1. The third kappa shape index (κ3) is 3.08. The van der Waals surface area contributed by atoms with E-state index in [0.29, 0.717) is 23.7 Å². The first kappa shape index (κ1) is 14.5. The molecule has 2 N–H and O–H groups in total. The summed E-state index contributed by atoms with van der Waals surface area (Å²) in [6.45, 7) is 0. The Labute approximate surface area is 139 Å². The van der Waals surface area contributed by atoms with Gasteiger partial charge in [-0.25, -0.2) is 4.98 Å². The second kappa shape index (κ2) is 5.72. The van der Waals surface area contributed by atoms with Crippen LogP contribution in [0.15, 0.2) is 35.7 Å². The van der Waals surface area contributed by atoms with Crippen LogP contribution in [0.25, 0.3) is 0 Å². The van der Waals surface area contributed by atoms with Crippen molar-refractivity contribution in [1.82, 2.24) is 4.98 Å². The number of carbonyl (C=O) groups excluding carboxylic acids is 2. The van der Waals surface area contributed by atoms with Crippen molar-refractivity contribution in [2.45, 2.75) is 12.8 Å². The molecule has 1 heterocycles. The first-order chi connectivity index (χ1) is 10.1. The van der Waals surface area contributed by atoms with Crippen molar-refractivity contribution in [2.24, 2.45) is 5.41 Å². The van der Waals surface area contributed by atoms with Gasteiger partial charge in [-0.3, -0.25) is 9.59 Å². The zero-order chi connectivity index (χ0) is 14.9. The topological polar surface area (TPSA) is 71.1 Å². The number of nitrogens with one attached hydrogen (secondary N) is 2. The van der Waals surface area contributed by atoms with Gasteiger partial charge in [0.2, 0.25) is 11.8 Å². The van der Waals surface area contributed by atoms with Crippen LogP contribution >= 0.6 is 33.9 Å². The Morgan fingerprint density at radius 1 is 1.14 bits per heavy atom. The van der Waals surface area contributed by atoms with Gasteiger partial charge in [0.05, 0.1) is 0 Å². The van der Waals surface area contributed by atoms with Crippen LogP contribution in [-0.2, 0) is 9.59 Å². The van der Waals surface area contributed by atoms with E-state index in [4.69, 9.17) is 0 Å². The standard InChI is InChI=1S/C14H12IN3O2S/c15-10-8-21-13(17-10)18-12(20)14(6-7-14)11(19)16-9-4-2-1-3-5-9/h1-5,8H,6-7H2,(H,16,19)(H,17,18,20). The molecule has 0 radical (unpaired) electrons. The molecule has 1 aliphatic carbocycles. The molecule has 0 atom stereocenters. The number of hydrogen-bond donors (Lipinski definition) is 2. The third-order valence-electron chi connectivity index (χ3n) is 3.35. The van der Waals surface area contributed by atoms with E-state index >= 15 is 0 Å². The molecule has 2 aromatic rings. The smallest absolute Gasteiger partial charge is 0.241 e. The molecule has 2 amide bonds. The average Bonchev–Trinajstić information content (AvgIpc) is 3.19. The molecule has 0 spiro atoms. The molecular weight excluding hydrogens is 401 g/mol. The van der Waals surface area contributed by atoms with E-state index in [9.17, 15) is 9.59 Å². The minimum absolute atomic E-state index is 0.252. The van der Waals surface area contributed by atoms with Crippen LogP contribution in [0.5, 0.6) is 0 Å². The summed E-state index contributed by atoms with van der Waals surface area (Å²) >= 11 is 3.44. The number of carbonyl (C=O) groups is 2. The van der Waals surface area contributed by atoms with Gasteiger partial charge in [-0.1, -0.05) is 18.2 Å². The van der Waals surface area contributed by atoms with Crippen molar-refractivity contribution in [1.29, 1.82) is 0 Å². The maximum absolute atomic E-state index is 12.3. The summed E-state index contributed by atoms with van der Waals surface area (Å²) in [5, 5.41) is 7.91. The second-order valence-corrected chi connectivity index (χ2v) is 6.80. The number of aromatic nitrogens is 1. The lowest BCUT2D eigenvalue weighted by atomic mass is 10.1. The van der Waals surface area contributed by atoms with E-state index in [2.05, 4.69) is 38.2 Å². The summed E-state index contributed by atoms with van der Waals surface area (Å²) in [7, 11) is 0. The zero-order valence-electron chi connectivity index (χ0n) is 10.9. The average molecular weight is 413 g/mol. The van der Waals surface area contributed by atoms with Crippen molar-refractivity contribution >= 4 is 56.6 Å². The van der Waals surface area contributed by atoms with Crippen LogP contribution in [-0.4, -0.2) is 16.8 Å². The fourth-order valence-corrected chi connectivity index (χ4v) is 3.33. The highest BCUT2D eigenvalue weighted by Gasteiger charge is 2.56. The molecule has 0 unspecified atom stereocenters.